The summed E-state index contributed by atoms with van der Waals surface area (Å²) in [5, 5.41) is -6.44. The lowest BCUT2D eigenvalue weighted by Gasteiger charge is -2.30. The van der Waals surface area contributed by atoms with Crippen molar-refractivity contribution in [3.8, 4) is 0 Å². The van der Waals surface area contributed by atoms with Crippen LogP contribution in [-0.2, 0) is 10.1 Å². The highest BCUT2D eigenvalue weighted by molar-refractivity contribution is 7.87. The molecule has 0 atom stereocenters. The summed E-state index contributed by atoms with van der Waals surface area (Å²) in [6.07, 6.45) is -10.2. The molecular formula is C9H11F9O3S. The van der Waals surface area contributed by atoms with Crippen LogP contribution in [0.25, 0.3) is 0 Å². The van der Waals surface area contributed by atoms with Crippen LogP contribution in [0.2, 0.25) is 0 Å². The van der Waals surface area contributed by atoms with Crippen molar-refractivity contribution >= 4 is 10.1 Å². The van der Waals surface area contributed by atoms with Crippen LogP contribution < -0.4 is 0 Å². The molecule has 0 aliphatic carbocycles. The molecule has 1 N–H and O–H groups in total. The molecule has 0 heterocycles. The number of halogens is 9. The van der Waals surface area contributed by atoms with Crippen LogP contribution in [0.5, 0.6) is 0 Å². The van der Waals surface area contributed by atoms with Crippen molar-refractivity contribution in [3.05, 3.63) is 0 Å². The van der Waals surface area contributed by atoms with Crippen molar-refractivity contribution in [1.29, 1.82) is 0 Å². The minimum Gasteiger partial charge on any atom is -0.281 e. The Hall–Kier alpha value is -0.720. The normalized spacial score (nSPS) is 15.2. The van der Waals surface area contributed by atoms with Gasteiger partial charge >= 0.3 is 33.4 Å². The highest BCUT2D eigenvalue weighted by atomic mass is 32.2. The fourth-order valence-corrected chi connectivity index (χ4v) is 1.85. The largest absolute Gasteiger partial charge is 0.437 e. The van der Waals surface area contributed by atoms with E-state index in [9.17, 15) is 47.9 Å². The third-order valence-electron chi connectivity index (χ3n) is 2.60. The molecule has 0 rings (SSSR count). The van der Waals surface area contributed by atoms with Gasteiger partial charge in [0, 0.05) is 12.8 Å². The minimum absolute atomic E-state index is 0.609. The molecule has 0 aliphatic heterocycles. The van der Waals surface area contributed by atoms with E-state index in [0.717, 1.165) is 0 Å². The summed E-state index contributed by atoms with van der Waals surface area (Å²) in [5.41, 5.74) is 0. The molecule has 3 nitrogen and oxygen atoms in total. The maximum atomic E-state index is 13.1. The molecule has 0 saturated carbocycles. The zero-order chi connectivity index (χ0) is 18.0. The molecule has 13 heteroatoms. The van der Waals surface area contributed by atoms with Gasteiger partial charge in [0.15, 0.2) is 0 Å². The third kappa shape index (κ3) is 4.89. The molecule has 0 aliphatic rings. The molecule has 0 saturated heterocycles. The first-order valence-corrected chi connectivity index (χ1v) is 7.07. The van der Waals surface area contributed by atoms with E-state index in [1.807, 2.05) is 0 Å². The van der Waals surface area contributed by atoms with Crippen molar-refractivity contribution < 1.29 is 52.5 Å². The Balaban J connectivity index is 4.80. The Morgan fingerprint density at radius 2 is 1.14 bits per heavy atom. The average molecular weight is 370 g/mol. The molecule has 134 valence electrons. The van der Waals surface area contributed by atoms with Gasteiger partial charge in [0.05, 0.1) is 0 Å². The van der Waals surface area contributed by atoms with E-state index in [1.165, 1.54) is 0 Å². The number of unbranched alkanes of at least 4 members (excludes halogenated alkanes) is 2. The van der Waals surface area contributed by atoms with Gasteiger partial charge in [-0.2, -0.15) is 47.9 Å². The van der Waals surface area contributed by atoms with Crippen LogP contribution in [0.1, 0.15) is 32.1 Å². The molecule has 0 bridgehead atoms. The van der Waals surface area contributed by atoms with E-state index in [4.69, 9.17) is 4.55 Å². The first-order chi connectivity index (χ1) is 9.46. The van der Waals surface area contributed by atoms with Crippen LogP contribution in [0, 0.1) is 0 Å². The molecule has 0 fully saturated rings. The van der Waals surface area contributed by atoms with E-state index in [-0.39, 0.29) is 0 Å². The molecule has 22 heavy (non-hydrogen) atoms. The van der Waals surface area contributed by atoms with Gasteiger partial charge in [-0.3, -0.25) is 4.55 Å². The van der Waals surface area contributed by atoms with Gasteiger partial charge in [-0.1, -0.05) is 6.42 Å². The molecule has 0 unspecified atom stereocenters. The average Bonchev–Trinajstić information content (AvgIpc) is 2.24. The van der Waals surface area contributed by atoms with Gasteiger partial charge in [-0.05, 0) is 12.8 Å². The fraction of sp³-hybridized carbons (Fsp3) is 1.00. The summed E-state index contributed by atoms with van der Waals surface area (Å²) in [6, 6.07) is 0. The van der Waals surface area contributed by atoms with Crippen LogP contribution in [-0.4, -0.2) is 36.2 Å². The minimum atomic E-state index is -6.81. The summed E-state index contributed by atoms with van der Waals surface area (Å²) in [7, 11) is -6.81. The Kier molecular flexibility index (Phi) is 6.21. The Morgan fingerprint density at radius 3 is 1.50 bits per heavy atom. The third-order valence-corrected chi connectivity index (χ3v) is 3.50. The monoisotopic (exact) mass is 370 g/mol. The Bertz CT molecular complexity index is 469. The molecule has 0 radical (unpaired) electrons. The summed E-state index contributed by atoms with van der Waals surface area (Å²) in [4.78, 5) is 0. The fourth-order valence-electron chi connectivity index (χ4n) is 1.38. The number of alkyl halides is 9. The molecule has 0 aromatic rings. The van der Waals surface area contributed by atoms with Crippen molar-refractivity contribution in [2.75, 3.05) is 0 Å². The van der Waals surface area contributed by atoms with E-state index >= 15 is 0 Å². The molecule has 0 spiro atoms. The summed E-state index contributed by atoms with van der Waals surface area (Å²) in [6.45, 7) is 0. The van der Waals surface area contributed by atoms with Crippen molar-refractivity contribution in [1.82, 2.24) is 0 Å². The van der Waals surface area contributed by atoms with Crippen LogP contribution in [0.3, 0.4) is 0 Å². The second-order valence-electron chi connectivity index (χ2n) is 4.45. The van der Waals surface area contributed by atoms with Gasteiger partial charge in [0.25, 0.3) is 0 Å². The van der Waals surface area contributed by atoms with Crippen molar-refractivity contribution in [3.63, 3.8) is 0 Å². The topological polar surface area (TPSA) is 54.4 Å². The van der Waals surface area contributed by atoms with Gasteiger partial charge in [0.2, 0.25) is 0 Å². The summed E-state index contributed by atoms with van der Waals surface area (Å²) >= 11 is 0. The second-order valence-corrected chi connectivity index (χ2v) is 5.91. The smallest absolute Gasteiger partial charge is 0.281 e. The quantitative estimate of drug-likeness (QED) is 0.395. The SMILES string of the molecule is O=S(=O)(O)C(F)(F)C(F)(F)C(F)(F)CCCCCC(F)(F)F. The van der Waals surface area contributed by atoms with E-state index in [0.29, 0.717) is 0 Å². The number of rotatable bonds is 8. The molecule has 0 amide bonds. The second kappa shape index (κ2) is 6.42. The summed E-state index contributed by atoms with van der Waals surface area (Å²) in [5.74, 6) is -12.0. The molecule has 0 aromatic carbocycles. The van der Waals surface area contributed by atoms with E-state index in [2.05, 4.69) is 0 Å². The lowest BCUT2D eigenvalue weighted by Crippen LogP contribution is -2.57. The van der Waals surface area contributed by atoms with Crippen molar-refractivity contribution in [2.24, 2.45) is 0 Å². The Labute approximate surface area is 119 Å². The highest BCUT2D eigenvalue weighted by Crippen LogP contribution is 2.50. The van der Waals surface area contributed by atoms with E-state index in [1.54, 1.807) is 0 Å². The number of hydrogen-bond donors (Lipinski definition) is 1. The van der Waals surface area contributed by atoms with Gasteiger partial charge in [-0.25, -0.2) is 0 Å². The zero-order valence-electron chi connectivity index (χ0n) is 10.6. The maximum Gasteiger partial charge on any atom is 0.437 e. The molecule has 0 aromatic heterocycles. The standard InChI is InChI=1S/C9H11F9O3S/c10-6(11,4-2-1-3-5-7(12,13)14)8(15,16)9(17,18)22(19,20)21/h1-5H2,(H,19,20,21). The summed E-state index contributed by atoms with van der Waals surface area (Å²) < 4.78 is 141. The predicted octanol–water partition coefficient (Wildman–Crippen LogP) is 4.25. The van der Waals surface area contributed by atoms with Gasteiger partial charge < -0.3 is 0 Å². The lowest BCUT2D eigenvalue weighted by atomic mass is 10.0. The lowest BCUT2D eigenvalue weighted by molar-refractivity contribution is -0.283. The van der Waals surface area contributed by atoms with E-state index < -0.39 is 65.5 Å². The first-order valence-electron chi connectivity index (χ1n) is 5.63. The Morgan fingerprint density at radius 1 is 0.727 bits per heavy atom. The van der Waals surface area contributed by atoms with Gasteiger partial charge in [0.1, 0.15) is 0 Å². The maximum absolute atomic E-state index is 13.1. The first kappa shape index (κ1) is 21.3. The zero-order valence-corrected chi connectivity index (χ0v) is 11.4. The van der Waals surface area contributed by atoms with Crippen LogP contribution in [0.15, 0.2) is 0 Å². The highest BCUT2D eigenvalue weighted by Gasteiger charge is 2.76. The van der Waals surface area contributed by atoms with Gasteiger partial charge in [-0.15, -0.1) is 0 Å². The number of hydrogen-bond acceptors (Lipinski definition) is 2. The van der Waals surface area contributed by atoms with Crippen LogP contribution >= 0.6 is 0 Å². The predicted molar refractivity (Wildman–Crippen MR) is 55.5 cm³/mol. The van der Waals surface area contributed by atoms with Crippen molar-refractivity contribution in [2.45, 2.75) is 55.4 Å². The molecular weight excluding hydrogens is 359 g/mol. The van der Waals surface area contributed by atoms with Crippen LogP contribution in [0.4, 0.5) is 39.5 Å².